The number of carbonyl (C=O) groups is 1. The van der Waals surface area contributed by atoms with Gasteiger partial charge >= 0.3 is 0 Å². The number of anilines is 3. The van der Waals surface area contributed by atoms with Crippen LogP contribution in [-0.2, 0) is 4.79 Å². The molecule has 1 aromatic heterocycles. The molecule has 6 heteroatoms. The standard InChI is InChI=1S/C19H16ClN3O2/c20-14-5-4-6-15(11-14)22-16-9-10-18(21-12-16)23-19(24)13-25-17-7-2-1-3-8-17/h1-12,22H,13H2,(H,21,23,24). The van der Waals surface area contributed by atoms with Gasteiger partial charge in [0, 0.05) is 10.7 Å². The number of benzene rings is 2. The minimum absolute atomic E-state index is 0.0752. The first-order valence-electron chi connectivity index (χ1n) is 7.65. The van der Waals surface area contributed by atoms with Crippen LogP contribution in [0.5, 0.6) is 5.75 Å². The highest BCUT2D eigenvalue weighted by atomic mass is 35.5. The fourth-order valence-corrected chi connectivity index (χ4v) is 2.31. The van der Waals surface area contributed by atoms with E-state index in [0.29, 0.717) is 16.6 Å². The van der Waals surface area contributed by atoms with Crippen LogP contribution in [0, 0.1) is 0 Å². The fourth-order valence-electron chi connectivity index (χ4n) is 2.12. The van der Waals surface area contributed by atoms with E-state index in [1.165, 1.54) is 0 Å². The number of ether oxygens (including phenoxy) is 1. The van der Waals surface area contributed by atoms with Gasteiger partial charge in [0.05, 0.1) is 11.9 Å². The second-order valence-electron chi connectivity index (χ2n) is 5.22. The molecule has 0 radical (unpaired) electrons. The normalized spacial score (nSPS) is 10.1. The van der Waals surface area contributed by atoms with Crippen molar-refractivity contribution in [2.75, 3.05) is 17.2 Å². The quantitative estimate of drug-likeness (QED) is 0.685. The van der Waals surface area contributed by atoms with Crippen molar-refractivity contribution >= 4 is 34.7 Å². The maximum absolute atomic E-state index is 11.9. The number of hydrogen-bond donors (Lipinski definition) is 2. The molecule has 126 valence electrons. The highest BCUT2D eigenvalue weighted by molar-refractivity contribution is 6.30. The van der Waals surface area contributed by atoms with E-state index in [0.717, 1.165) is 11.4 Å². The van der Waals surface area contributed by atoms with Gasteiger partial charge in [-0.1, -0.05) is 35.9 Å². The Hall–Kier alpha value is -3.05. The fraction of sp³-hybridized carbons (Fsp3) is 0.0526. The molecular formula is C19H16ClN3O2. The summed E-state index contributed by atoms with van der Waals surface area (Å²) in [5.41, 5.74) is 1.66. The predicted molar refractivity (Wildman–Crippen MR) is 99.5 cm³/mol. The topological polar surface area (TPSA) is 63.2 Å². The number of hydrogen-bond acceptors (Lipinski definition) is 4. The van der Waals surface area contributed by atoms with Crippen molar-refractivity contribution in [3.05, 3.63) is 77.9 Å². The summed E-state index contributed by atoms with van der Waals surface area (Å²) in [6, 6.07) is 20.1. The molecule has 5 nitrogen and oxygen atoms in total. The van der Waals surface area contributed by atoms with Crippen LogP contribution in [0.25, 0.3) is 0 Å². The highest BCUT2D eigenvalue weighted by Crippen LogP contribution is 2.20. The molecule has 0 fully saturated rings. The molecular weight excluding hydrogens is 338 g/mol. The molecule has 0 atom stereocenters. The summed E-state index contributed by atoms with van der Waals surface area (Å²) < 4.78 is 5.39. The molecule has 2 aromatic carbocycles. The van der Waals surface area contributed by atoms with E-state index in [-0.39, 0.29) is 12.5 Å². The zero-order valence-electron chi connectivity index (χ0n) is 13.3. The van der Waals surface area contributed by atoms with Gasteiger partial charge in [-0.05, 0) is 42.5 Å². The smallest absolute Gasteiger partial charge is 0.263 e. The van der Waals surface area contributed by atoms with Gasteiger partial charge in [0.2, 0.25) is 0 Å². The first-order chi connectivity index (χ1) is 12.2. The molecule has 1 heterocycles. The minimum Gasteiger partial charge on any atom is -0.484 e. The molecule has 0 aliphatic heterocycles. The van der Waals surface area contributed by atoms with Gasteiger partial charge in [-0.25, -0.2) is 4.98 Å². The summed E-state index contributed by atoms with van der Waals surface area (Å²) in [7, 11) is 0. The van der Waals surface area contributed by atoms with E-state index in [1.807, 2.05) is 42.5 Å². The number of nitrogens with one attached hydrogen (secondary N) is 2. The second kappa shape index (κ2) is 8.17. The lowest BCUT2D eigenvalue weighted by molar-refractivity contribution is -0.118. The second-order valence-corrected chi connectivity index (χ2v) is 5.65. The molecule has 0 bridgehead atoms. The first kappa shape index (κ1) is 16.8. The molecule has 0 spiro atoms. The third-order valence-corrected chi connectivity index (χ3v) is 3.49. The van der Waals surface area contributed by atoms with E-state index in [4.69, 9.17) is 16.3 Å². The van der Waals surface area contributed by atoms with Crippen molar-refractivity contribution in [3.8, 4) is 5.75 Å². The van der Waals surface area contributed by atoms with Crippen LogP contribution in [0.2, 0.25) is 5.02 Å². The zero-order valence-corrected chi connectivity index (χ0v) is 14.0. The number of carbonyl (C=O) groups excluding carboxylic acids is 1. The van der Waals surface area contributed by atoms with Gasteiger partial charge in [0.25, 0.3) is 5.91 Å². The molecule has 0 saturated heterocycles. The van der Waals surface area contributed by atoms with Crippen molar-refractivity contribution in [2.45, 2.75) is 0 Å². The lowest BCUT2D eigenvalue weighted by atomic mass is 10.3. The number of nitrogens with zero attached hydrogens (tertiary/aromatic N) is 1. The molecule has 0 unspecified atom stereocenters. The predicted octanol–water partition coefficient (Wildman–Crippen LogP) is 4.50. The average Bonchev–Trinajstić information content (AvgIpc) is 2.63. The van der Waals surface area contributed by atoms with E-state index in [1.54, 1.807) is 30.5 Å². The Balaban J connectivity index is 1.52. The van der Waals surface area contributed by atoms with Crippen LogP contribution < -0.4 is 15.4 Å². The van der Waals surface area contributed by atoms with E-state index < -0.39 is 0 Å². The Morgan fingerprint density at radius 2 is 1.84 bits per heavy atom. The average molecular weight is 354 g/mol. The van der Waals surface area contributed by atoms with Gasteiger partial charge in [-0.3, -0.25) is 4.79 Å². The van der Waals surface area contributed by atoms with Crippen LogP contribution in [0.1, 0.15) is 0 Å². The summed E-state index contributed by atoms with van der Waals surface area (Å²) in [6.07, 6.45) is 1.63. The molecule has 3 rings (SSSR count). The molecule has 2 N–H and O–H groups in total. The Labute approximate surface area is 150 Å². The maximum Gasteiger partial charge on any atom is 0.263 e. The van der Waals surface area contributed by atoms with E-state index in [9.17, 15) is 4.79 Å². The first-order valence-corrected chi connectivity index (χ1v) is 8.03. The number of amides is 1. The van der Waals surface area contributed by atoms with Crippen LogP contribution in [0.4, 0.5) is 17.2 Å². The third kappa shape index (κ3) is 5.22. The molecule has 0 aliphatic rings. The molecule has 0 saturated carbocycles. The SMILES string of the molecule is O=C(COc1ccccc1)Nc1ccc(Nc2cccc(Cl)c2)cn1. The lowest BCUT2D eigenvalue weighted by Gasteiger charge is -2.09. The summed E-state index contributed by atoms with van der Waals surface area (Å²) in [5, 5.41) is 6.53. The number of para-hydroxylation sites is 1. The Morgan fingerprint density at radius 1 is 1.00 bits per heavy atom. The van der Waals surface area contributed by atoms with Crippen molar-refractivity contribution in [3.63, 3.8) is 0 Å². The largest absolute Gasteiger partial charge is 0.484 e. The Bertz CT molecular complexity index is 839. The minimum atomic E-state index is -0.271. The van der Waals surface area contributed by atoms with Crippen molar-refractivity contribution < 1.29 is 9.53 Å². The van der Waals surface area contributed by atoms with Crippen molar-refractivity contribution in [1.82, 2.24) is 4.98 Å². The summed E-state index contributed by atoms with van der Waals surface area (Å²) in [4.78, 5) is 16.1. The van der Waals surface area contributed by atoms with Gasteiger partial charge in [0.15, 0.2) is 6.61 Å². The molecule has 1 amide bonds. The van der Waals surface area contributed by atoms with Crippen LogP contribution >= 0.6 is 11.6 Å². The Morgan fingerprint density at radius 3 is 2.56 bits per heavy atom. The maximum atomic E-state index is 11.9. The van der Waals surface area contributed by atoms with Crippen molar-refractivity contribution in [2.24, 2.45) is 0 Å². The van der Waals surface area contributed by atoms with Gasteiger partial charge in [-0.2, -0.15) is 0 Å². The molecule has 0 aliphatic carbocycles. The van der Waals surface area contributed by atoms with E-state index in [2.05, 4.69) is 15.6 Å². The summed E-state index contributed by atoms with van der Waals surface area (Å²) in [5.74, 6) is 0.830. The summed E-state index contributed by atoms with van der Waals surface area (Å²) in [6.45, 7) is -0.0752. The monoisotopic (exact) mass is 353 g/mol. The van der Waals surface area contributed by atoms with Crippen LogP contribution in [-0.4, -0.2) is 17.5 Å². The Kier molecular flexibility index (Phi) is 5.49. The lowest BCUT2D eigenvalue weighted by Crippen LogP contribution is -2.20. The number of aromatic nitrogens is 1. The molecule has 3 aromatic rings. The van der Waals surface area contributed by atoms with E-state index >= 15 is 0 Å². The van der Waals surface area contributed by atoms with Crippen molar-refractivity contribution in [1.29, 1.82) is 0 Å². The number of pyridine rings is 1. The highest BCUT2D eigenvalue weighted by Gasteiger charge is 2.05. The van der Waals surface area contributed by atoms with Crippen LogP contribution in [0.15, 0.2) is 72.9 Å². The summed E-state index contributed by atoms with van der Waals surface area (Å²) >= 11 is 5.95. The molecule has 25 heavy (non-hydrogen) atoms. The van der Waals surface area contributed by atoms with Gasteiger partial charge in [-0.15, -0.1) is 0 Å². The third-order valence-electron chi connectivity index (χ3n) is 3.26. The number of rotatable bonds is 6. The van der Waals surface area contributed by atoms with Crippen LogP contribution in [0.3, 0.4) is 0 Å². The zero-order chi connectivity index (χ0) is 17.5. The van der Waals surface area contributed by atoms with Gasteiger partial charge < -0.3 is 15.4 Å². The number of halogens is 1. The van der Waals surface area contributed by atoms with Gasteiger partial charge in [0.1, 0.15) is 11.6 Å².